The Labute approximate surface area is 127 Å². The van der Waals surface area contributed by atoms with E-state index in [1.807, 2.05) is 0 Å². The number of halogens is 3. The number of aliphatic hydroxyl groups excluding tert-OH is 1. The van der Waals surface area contributed by atoms with E-state index in [0.29, 0.717) is 18.4 Å². The fourth-order valence-corrected chi connectivity index (χ4v) is 2.41. The van der Waals surface area contributed by atoms with E-state index in [-0.39, 0.29) is 24.5 Å². The summed E-state index contributed by atoms with van der Waals surface area (Å²) in [5, 5.41) is 11.9. The van der Waals surface area contributed by atoms with Gasteiger partial charge in [-0.25, -0.2) is 0 Å². The van der Waals surface area contributed by atoms with Crippen LogP contribution in [0.15, 0.2) is 24.3 Å². The van der Waals surface area contributed by atoms with E-state index in [9.17, 15) is 18.0 Å². The second-order valence-electron chi connectivity index (χ2n) is 6.08. The fourth-order valence-electron chi connectivity index (χ4n) is 2.41. The van der Waals surface area contributed by atoms with Crippen LogP contribution in [0.2, 0.25) is 0 Å². The van der Waals surface area contributed by atoms with Crippen molar-refractivity contribution in [2.24, 2.45) is 5.92 Å². The number of carbonyl (C=O) groups excluding carboxylic acids is 1. The first-order valence-electron chi connectivity index (χ1n) is 7.30. The normalized spacial score (nSPS) is 19.4. The predicted octanol–water partition coefficient (Wildman–Crippen LogP) is 2.87. The third kappa shape index (κ3) is 3.27. The SMILES string of the molecule is C[C@H](CO)[C@H](C)NC(=O)C1(c2cccc(C(F)(F)F)c2)CC1. The molecule has 0 bridgehead atoms. The van der Waals surface area contributed by atoms with Crippen LogP contribution in [-0.4, -0.2) is 23.7 Å². The highest BCUT2D eigenvalue weighted by molar-refractivity contribution is 5.91. The van der Waals surface area contributed by atoms with E-state index < -0.39 is 17.2 Å². The highest BCUT2D eigenvalue weighted by Gasteiger charge is 2.52. The van der Waals surface area contributed by atoms with Gasteiger partial charge in [0.1, 0.15) is 0 Å². The number of aliphatic hydroxyl groups is 1. The summed E-state index contributed by atoms with van der Waals surface area (Å²) in [6.45, 7) is 3.52. The minimum Gasteiger partial charge on any atom is -0.396 e. The molecule has 1 saturated carbocycles. The monoisotopic (exact) mass is 315 g/mol. The van der Waals surface area contributed by atoms with Crippen LogP contribution >= 0.6 is 0 Å². The largest absolute Gasteiger partial charge is 0.416 e. The van der Waals surface area contributed by atoms with Crippen LogP contribution in [0.1, 0.15) is 37.8 Å². The molecule has 1 aliphatic rings. The average Bonchev–Trinajstić information content (AvgIpc) is 3.27. The molecule has 1 aliphatic carbocycles. The first-order valence-corrected chi connectivity index (χ1v) is 7.30. The molecular weight excluding hydrogens is 295 g/mol. The molecule has 0 saturated heterocycles. The van der Waals surface area contributed by atoms with E-state index in [1.165, 1.54) is 6.07 Å². The number of benzene rings is 1. The molecule has 0 heterocycles. The minimum atomic E-state index is -4.42. The molecule has 6 heteroatoms. The summed E-state index contributed by atoms with van der Waals surface area (Å²) >= 11 is 0. The van der Waals surface area contributed by atoms with Gasteiger partial charge < -0.3 is 10.4 Å². The molecule has 0 aliphatic heterocycles. The first-order chi connectivity index (χ1) is 10.2. The molecule has 2 N–H and O–H groups in total. The smallest absolute Gasteiger partial charge is 0.396 e. The number of hydrogen-bond acceptors (Lipinski definition) is 2. The molecule has 0 spiro atoms. The Morgan fingerprint density at radius 1 is 1.36 bits per heavy atom. The maximum absolute atomic E-state index is 12.8. The Morgan fingerprint density at radius 2 is 2.00 bits per heavy atom. The zero-order chi connectivity index (χ0) is 16.5. The topological polar surface area (TPSA) is 49.3 Å². The van der Waals surface area contributed by atoms with Crippen LogP contribution in [0.5, 0.6) is 0 Å². The van der Waals surface area contributed by atoms with Crippen molar-refractivity contribution in [3.05, 3.63) is 35.4 Å². The Kier molecular flexibility index (Phi) is 4.52. The summed E-state index contributed by atoms with van der Waals surface area (Å²) in [6, 6.07) is 4.74. The van der Waals surface area contributed by atoms with Gasteiger partial charge in [-0.05, 0) is 37.3 Å². The van der Waals surface area contributed by atoms with Crippen LogP contribution in [0.3, 0.4) is 0 Å². The fraction of sp³-hybridized carbons (Fsp3) is 0.562. The van der Waals surface area contributed by atoms with Crippen LogP contribution in [0, 0.1) is 5.92 Å². The number of hydrogen-bond donors (Lipinski definition) is 2. The second-order valence-corrected chi connectivity index (χ2v) is 6.08. The molecule has 2 rings (SSSR count). The van der Waals surface area contributed by atoms with Gasteiger partial charge >= 0.3 is 6.18 Å². The highest BCUT2D eigenvalue weighted by Crippen LogP contribution is 2.49. The molecular formula is C16H20F3NO2. The summed E-state index contributed by atoms with van der Waals surface area (Å²) in [5.74, 6) is -0.374. The lowest BCUT2D eigenvalue weighted by molar-refractivity contribution is -0.137. The van der Waals surface area contributed by atoms with Crippen molar-refractivity contribution in [2.75, 3.05) is 6.61 Å². The molecule has 1 amide bonds. The Bertz CT molecular complexity index is 553. The molecule has 0 radical (unpaired) electrons. The minimum absolute atomic E-state index is 0.0575. The summed E-state index contributed by atoms with van der Waals surface area (Å²) in [6.07, 6.45) is -3.33. The number of carbonyl (C=O) groups is 1. The molecule has 2 atom stereocenters. The lowest BCUT2D eigenvalue weighted by atomic mass is 9.92. The molecule has 22 heavy (non-hydrogen) atoms. The van der Waals surface area contributed by atoms with Gasteiger partial charge in [-0.15, -0.1) is 0 Å². The van der Waals surface area contributed by atoms with Crippen molar-refractivity contribution in [2.45, 2.75) is 44.3 Å². The molecule has 1 aromatic carbocycles. The highest BCUT2D eigenvalue weighted by atomic mass is 19.4. The van der Waals surface area contributed by atoms with Gasteiger partial charge in [-0.2, -0.15) is 13.2 Å². The molecule has 122 valence electrons. The lowest BCUT2D eigenvalue weighted by Crippen LogP contribution is -2.43. The summed E-state index contributed by atoms with van der Waals surface area (Å²) in [4.78, 5) is 12.4. The zero-order valence-corrected chi connectivity index (χ0v) is 12.6. The van der Waals surface area contributed by atoms with Crippen molar-refractivity contribution in [1.29, 1.82) is 0 Å². The average molecular weight is 315 g/mol. The Hall–Kier alpha value is -1.56. The summed E-state index contributed by atoms with van der Waals surface area (Å²) in [5.41, 5.74) is -1.19. The quantitative estimate of drug-likeness (QED) is 0.878. The van der Waals surface area contributed by atoms with Gasteiger partial charge in [0.15, 0.2) is 0 Å². The zero-order valence-electron chi connectivity index (χ0n) is 12.6. The van der Waals surface area contributed by atoms with Crippen molar-refractivity contribution in [3.8, 4) is 0 Å². The molecule has 0 aromatic heterocycles. The van der Waals surface area contributed by atoms with Crippen LogP contribution in [0.25, 0.3) is 0 Å². The van der Waals surface area contributed by atoms with Gasteiger partial charge in [-0.3, -0.25) is 4.79 Å². The predicted molar refractivity (Wildman–Crippen MR) is 76.2 cm³/mol. The van der Waals surface area contributed by atoms with Gasteiger partial charge in [-0.1, -0.05) is 25.1 Å². The van der Waals surface area contributed by atoms with Crippen molar-refractivity contribution in [3.63, 3.8) is 0 Å². The molecule has 1 aromatic rings. The van der Waals surface area contributed by atoms with Crippen molar-refractivity contribution in [1.82, 2.24) is 5.32 Å². The summed E-state index contributed by atoms with van der Waals surface area (Å²) in [7, 11) is 0. The van der Waals surface area contributed by atoms with Gasteiger partial charge in [0.05, 0.1) is 11.0 Å². The third-order valence-electron chi connectivity index (χ3n) is 4.43. The first kappa shape index (κ1) is 16.8. The third-order valence-corrected chi connectivity index (χ3v) is 4.43. The Morgan fingerprint density at radius 3 is 2.50 bits per heavy atom. The number of rotatable bonds is 5. The molecule has 1 fully saturated rings. The van der Waals surface area contributed by atoms with Crippen LogP contribution < -0.4 is 5.32 Å². The van der Waals surface area contributed by atoms with E-state index in [1.54, 1.807) is 19.9 Å². The number of amides is 1. The second kappa shape index (κ2) is 5.91. The van der Waals surface area contributed by atoms with E-state index >= 15 is 0 Å². The van der Waals surface area contributed by atoms with Crippen LogP contribution in [-0.2, 0) is 16.4 Å². The summed E-state index contributed by atoms with van der Waals surface area (Å²) < 4.78 is 38.4. The van der Waals surface area contributed by atoms with Gasteiger partial charge in [0, 0.05) is 12.6 Å². The standard InChI is InChI=1S/C16H20F3NO2/c1-10(9-21)11(2)20-14(22)15(6-7-15)12-4-3-5-13(8-12)16(17,18)19/h3-5,8,10-11,21H,6-7,9H2,1-2H3,(H,20,22)/t10-,11+/m1/s1. The number of alkyl halides is 3. The lowest BCUT2D eigenvalue weighted by Gasteiger charge is -2.23. The maximum Gasteiger partial charge on any atom is 0.416 e. The van der Waals surface area contributed by atoms with Gasteiger partial charge in [0.25, 0.3) is 0 Å². The van der Waals surface area contributed by atoms with Crippen LogP contribution in [0.4, 0.5) is 13.2 Å². The van der Waals surface area contributed by atoms with Crippen molar-refractivity contribution >= 4 is 5.91 Å². The molecule has 0 unspecified atom stereocenters. The number of nitrogens with one attached hydrogen (secondary N) is 1. The maximum atomic E-state index is 12.8. The van der Waals surface area contributed by atoms with E-state index in [0.717, 1.165) is 12.1 Å². The van der Waals surface area contributed by atoms with E-state index in [4.69, 9.17) is 5.11 Å². The van der Waals surface area contributed by atoms with Gasteiger partial charge in [0.2, 0.25) is 5.91 Å². The van der Waals surface area contributed by atoms with E-state index in [2.05, 4.69) is 5.32 Å². The Balaban J connectivity index is 2.19. The molecule has 3 nitrogen and oxygen atoms in total. The van der Waals surface area contributed by atoms with Crippen molar-refractivity contribution < 1.29 is 23.1 Å².